The number of Topliss-reactive ketones (excluding diaryl/α,β-unsaturated/α-hetero) is 1. The summed E-state index contributed by atoms with van der Waals surface area (Å²) in [5.41, 5.74) is -1.31. The fraction of sp³-hybridized carbons (Fsp3) is 0.526. The minimum Gasteiger partial charge on any atom is -0.508 e. The Morgan fingerprint density at radius 3 is 2.38 bits per heavy atom. The monoisotopic (exact) mass is 364 g/mol. The zero-order chi connectivity index (χ0) is 19.5. The smallest absolute Gasteiger partial charge is 0.317 e. The molecule has 26 heavy (non-hydrogen) atoms. The number of ether oxygens (including phenoxy) is 2. The van der Waals surface area contributed by atoms with Crippen molar-refractivity contribution in [3.8, 4) is 5.75 Å². The van der Waals surface area contributed by atoms with Crippen LogP contribution in [0.15, 0.2) is 24.3 Å². The number of hydrogen-bond donors (Lipinski definition) is 2. The molecular weight excluding hydrogens is 340 g/mol. The van der Waals surface area contributed by atoms with Gasteiger partial charge in [0.2, 0.25) is 0 Å². The molecule has 0 aliphatic heterocycles. The highest BCUT2D eigenvalue weighted by molar-refractivity contribution is 6.02. The number of hydrogen-bond acceptors (Lipinski definition) is 7. The Morgan fingerprint density at radius 2 is 1.81 bits per heavy atom. The van der Waals surface area contributed by atoms with E-state index in [-0.39, 0.29) is 25.4 Å². The van der Waals surface area contributed by atoms with Gasteiger partial charge in [0.25, 0.3) is 0 Å². The maximum Gasteiger partial charge on any atom is 0.317 e. The molecule has 0 bridgehead atoms. The van der Waals surface area contributed by atoms with Crippen LogP contribution in [0, 0.1) is 11.8 Å². The summed E-state index contributed by atoms with van der Waals surface area (Å²) in [6, 6.07) is 5.95. The van der Waals surface area contributed by atoms with E-state index >= 15 is 0 Å². The minimum absolute atomic E-state index is 0.0783. The number of phenolic OH excluding ortho intramolecular Hbond substituents is 1. The molecule has 7 nitrogen and oxygen atoms in total. The summed E-state index contributed by atoms with van der Waals surface area (Å²) < 4.78 is 10.1. The van der Waals surface area contributed by atoms with Gasteiger partial charge >= 0.3 is 11.9 Å². The zero-order valence-electron chi connectivity index (χ0n) is 15.1. The molecule has 1 saturated carbocycles. The quantitative estimate of drug-likeness (QED) is 0.602. The highest BCUT2D eigenvalue weighted by Crippen LogP contribution is 2.47. The third-order valence-corrected chi connectivity index (χ3v) is 4.60. The second-order valence-electron chi connectivity index (χ2n) is 6.58. The van der Waals surface area contributed by atoms with E-state index in [1.807, 2.05) is 0 Å². The number of carbonyl (C=O) groups is 3. The predicted molar refractivity (Wildman–Crippen MR) is 91.3 cm³/mol. The van der Waals surface area contributed by atoms with Crippen molar-refractivity contribution in [2.75, 3.05) is 13.2 Å². The molecule has 1 aromatic carbocycles. The molecule has 0 spiro atoms. The van der Waals surface area contributed by atoms with E-state index in [9.17, 15) is 24.6 Å². The van der Waals surface area contributed by atoms with E-state index in [4.69, 9.17) is 9.47 Å². The number of aliphatic hydroxyl groups is 1. The molecule has 1 aromatic rings. The van der Waals surface area contributed by atoms with Crippen LogP contribution in [0.4, 0.5) is 0 Å². The van der Waals surface area contributed by atoms with Crippen LogP contribution >= 0.6 is 0 Å². The summed E-state index contributed by atoms with van der Waals surface area (Å²) in [6.45, 7) is 4.80. The van der Waals surface area contributed by atoms with Gasteiger partial charge in [-0.15, -0.1) is 0 Å². The Bertz CT molecular complexity index is 695. The van der Waals surface area contributed by atoms with E-state index in [0.717, 1.165) is 0 Å². The van der Waals surface area contributed by atoms with Crippen LogP contribution in [0.25, 0.3) is 0 Å². The summed E-state index contributed by atoms with van der Waals surface area (Å²) >= 11 is 0. The molecule has 1 aliphatic rings. The predicted octanol–water partition coefficient (Wildman–Crippen LogP) is 1.56. The van der Waals surface area contributed by atoms with Crippen molar-refractivity contribution in [1.82, 2.24) is 0 Å². The van der Waals surface area contributed by atoms with Gasteiger partial charge in [-0.05, 0) is 38.5 Å². The standard InChI is InChI=1S/C19H24O7/c1-4-25-17(22)15-13(21)10-19(3,24)16(18(23)26-5-2)14(15)11-7-6-8-12(20)9-11/h6-9,14-16,20,24H,4-5,10H2,1-3H3/t14-,15+,16+,19-/m0/s1. The van der Waals surface area contributed by atoms with E-state index in [1.54, 1.807) is 26.0 Å². The molecule has 0 radical (unpaired) electrons. The van der Waals surface area contributed by atoms with Gasteiger partial charge in [-0.2, -0.15) is 0 Å². The van der Waals surface area contributed by atoms with Crippen LogP contribution < -0.4 is 0 Å². The molecule has 0 unspecified atom stereocenters. The molecule has 2 N–H and O–H groups in total. The van der Waals surface area contributed by atoms with Crippen molar-refractivity contribution in [2.45, 2.75) is 38.7 Å². The van der Waals surface area contributed by atoms with Crippen molar-refractivity contribution in [3.05, 3.63) is 29.8 Å². The Morgan fingerprint density at radius 1 is 1.19 bits per heavy atom. The van der Waals surface area contributed by atoms with Gasteiger partial charge in [0.15, 0.2) is 5.78 Å². The van der Waals surface area contributed by atoms with Crippen LogP contribution in [-0.4, -0.2) is 46.7 Å². The van der Waals surface area contributed by atoms with Gasteiger partial charge in [0.05, 0.1) is 24.7 Å². The van der Waals surface area contributed by atoms with Gasteiger partial charge in [0, 0.05) is 12.3 Å². The van der Waals surface area contributed by atoms with Crippen molar-refractivity contribution >= 4 is 17.7 Å². The number of rotatable bonds is 5. The average molecular weight is 364 g/mol. The van der Waals surface area contributed by atoms with Gasteiger partial charge in [-0.3, -0.25) is 14.4 Å². The zero-order valence-corrected chi connectivity index (χ0v) is 15.1. The molecule has 0 amide bonds. The fourth-order valence-electron chi connectivity index (χ4n) is 3.61. The number of carbonyl (C=O) groups excluding carboxylic acids is 3. The first kappa shape index (κ1) is 19.9. The first-order chi connectivity index (χ1) is 12.2. The highest BCUT2D eigenvalue weighted by Gasteiger charge is 2.57. The van der Waals surface area contributed by atoms with E-state index in [2.05, 4.69) is 0 Å². The van der Waals surface area contributed by atoms with Crippen LogP contribution in [0.3, 0.4) is 0 Å². The van der Waals surface area contributed by atoms with Crippen LogP contribution in [0.5, 0.6) is 5.75 Å². The summed E-state index contributed by atoms with van der Waals surface area (Å²) in [6.07, 6.45) is -0.366. The SMILES string of the molecule is CCOC(=O)[C@@H]1C(=O)C[C@](C)(O)[C@@H](C(=O)OCC)[C@H]1c1cccc(O)c1. The molecule has 1 aliphatic carbocycles. The van der Waals surface area contributed by atoms with E-state index in [0.29, 0.717) is 5.56 Å². The van der Waals surface area contributed by atoms with Gasteiger partial charge in [0.1, 0.15) is 11.7 Å². The topological polar surface area (TPSA) is 110 Å². The molecule has 4 atom stereocenters. The summed E-state index contributed by atoms with van der Waals surface area (Å²) in [5, 5.41) is 20.6. The lowest BCUT2D eigenvalue weighted by atomic mass is 9.61. The normalized spacial score (nSPS) is 28.5. The van der Waals surface area contributed by atoms with Crippen molar-refractivity contribution in [1.29, 1.82) is 0 Å². The molecule has 7 heteroatoms. The molecule has 1 fully saturated rings. The Hall–Kier alpha value is -2.41. The summed E-state index contributed by atoms with van der Waals surface area (Å²) in [5.74, 6) is -5.46. The minimum atomic E-state index is -1.69. The maximum absolute atomic E-state index is 12.6. The van der Waals surface area contributed by atoms with Crippen LogP contribution in [0.1, 0.15) is 38.7 Å². The summed E-state index contributed by atoms with van der Waals surface area (Å²) in [7, 11) is 0. The van der Waals surface area contributed by atoms with E-state index in [1.165, 1.54) is 19.1 Å². The summed E-state index contributed by atoms with van der Waals surface area (Å²) in [4.78, 5) is 37.7. The fourth-order valence-corrected chi connectivity index (χ4v) is 3.61. The maximum atomic E-state index is 12.6. The molecule has 142 valence electrons. The lowest BCUT2D eigenvalue weighted by Crippen LogP contribution is -2.55. The van der Waals surface area contributed by atoms with Crippen LogP contribution in [-0.2, 0) is 23.9 Å². The Labute approximate surface area is 151 Å². The highest BCUT2D eigenvalue weighted by atomic mass is 16.5. The van der Waals surface area contributed by atoms with E-state index < -0.39 is 41.1 Å². The molecule has 0 heterocycles. The Kier molecular flexibility index (Phi) is 6.02. The number of esters is 2. The number of ketones is 1. The van der Waals surface area contributed by atoms with Crippen molar-refractivity contribution < 1.29 is 34.1 Å². The first-order valence-electron chi connectivity index (χ1n) is 8.60. The van der Waals surface area contributed by atoms with Crippen molar-refractivity contribution in [2.24, 2.45) is 11.8 Å². The second-order valence-corrected chi connectivity index (χ2v) is 6.58. The molecule has 2 rings (SSSR count). The Balaban J connectivity index is 2.61. The lowest BCUT2D eigenvalue weighted by molar-refractivity contribution is -0.172. The first-order valence-corrected chi connectivity index (χ1v) is 8.60. The average Bonchev–Trinajstić information content (AvgIpc) is 2.53. The number of benzene rings is 1. The largest absolute Gasteiger partial charge is 0.508 e. The van der Waals surface area contributed by atoms with Crippen LogP contribution in [0.2, 0.25) is 0 Å². The third kappa shape index (κ3) is 3.88. The van der Waals surface area contributed by atoms with Gasteiger partial charge in [-0.1, -0.05) is 12.1 Å². The molecule has 0 aromatic heterocycles. The van der Waals surface area contributed by atoms with Crippen molar-refractivity contribution in [3.63, 3.8) is 0 Å². The second kappa shape index (κ2) is 7.86. The van der Waals surface area contributed by atoms with Gasteiger partial charge in [-0.25, -0.2) is 0 Å². The lowest BCUT2D eigenvalue weighted by Gasteiger charge is -2.43. The molecule has 0 saturated heterocycles. The number of phenols is 1. The molecular formula is C19H24O7. The number of aromatic hydroxyl groups is 1. The van der Waals surface area contributed by atoms with Gasteiger partial charge < -0.3 is 19.7 Å². The third-order valence-electron chi connectivity index (χ3n) is 4.60.